The van der Waals surface area contributed by atoms with Gasteiger partial charge in [-0.2, -0.15) is 0 Å². The van der Waals surface area contributed by atoms with E-state index in [1.165, 1.54) is 25.1 Å². The number of benzene rings is 2. The van der Waals surface area contributed by atoms with Crippen LogP contribution < -0.4 is 10.5 Å². The molecule has 0 aliphatic carbocycles. The second kappa shape index (κ2) is 6.44. The molecule has 0 unspecified atom stereocenters. The van der Waals surface area contributed by atoms with E-state index in [1.54, 1.807) is 13.0 Å². The van der Waals surface area contributed by atoms with E-state index in [4.69, 9.17) is 0 Å². The van der Waals surface area contributed by atoms with Crippen LogP contribution in [0.2, 0.25) is 0 Å². The zero-order valence-corrected chi connectivity index (χ0v) is 14.6. The van der Waals surface area contributed by atoms with Gasteiger partial charge in [0, 0.05) is 18.4 Å². The second-order valence-electron chi connectivity index (χ2n) is 6.03. The van der Waals surface area contributed by atoms with Crippen molar-refractivity contribution in [1.82, 2.24) is 4.98 Å². The number of nitrogens with one attached hydrogen (secondary N) is 1. The van der Waals surface area contributed by atoms with Gasteiger partial charge in [-0.15, -0.1) is 0 Å². The molecule has 1 aromatic heterocycles. The van der Waals surface area contributed by atoms with Crippen LogP contribution in [0.25, 0.3) is 10.9 Å². The zero-order valence-electron chi connectivity index (χ0n) is 14.6. The summed E-state index contributed by atoms with van der Waals surface area (Å²) in [5.74, 6) is -0.486. The first-order valence-corrected chi connectivity index (χ1v) is 7.99. The Morgan fingerprint density at radius 1 is 1.12 bits per heavy atom. The third kappa shape index (κ3) is 2.73. The Morgan fingerprint density at radius 2 is 1.81 bits per heavy atom. The number of nitrogens with zero attached hydrogens (tertiary/aromatic N) is 2. The van der Waals surface area contributed by atoms with Crippen molar-refractivity contribution in [3.8, 4) is 0 Å². The number of anilines is 2. The van der Waals surface area contributed by atoms with Gasteiger partial charge in [0.05, 0.1) is 10.4 Å². The van der Waals surface area contributed by atoms with Crippen molar-refractivity contribution >= 4 is 33.9 Å². The van der Waals surface area contributed by atoms with Gasteiger partial charge in [0.25, 0.3) is 11.2 Å². The molecule has 1 heterocycles. The Bertz CT molecular complexity index is 1100. The molecular weight excluding hydrogens is 334 g/mol. The highest BCUT2D eigenvalue weighted by Crippen LogP contribution is 2.35. The number of nitro groups is 1. The molecule has 0 atom stereocenters. The lowest BCUT2D eigenvalue weighted by atomic mass is 10.0. The van der Waals surface area contributed by atoms with Gasteiger partial charge >= 0.3 is 0 Å². The van der Waals surface area contributed by atoms with Crippen LogP contribution in [0.15, 0.2) is 47.3 Å². The summed E-state index contributed by atoms with van der Waals surface area (Å²) in [6.45, 7) is 4.88. The van der Waals surface area contributed by atoms with Crippen LogP contribution in [0.4, 0.5) is 17.1 Å². The molecule has 0 radical (unpaired) electrons. The number of para-hydroxylation sites is 3. The lowest BCUT2D eigenvalue weighted by Gasteiger charge is -2.23. The predicted molar refractivity (Wildman–Crippen MR) is 100.0 cm³/mol. The molecule has 0 aliphatic heterocycles. The molecule has 0 fully saturated rings. The van der Waals surface area contributed by atoms with Crippen molar-refractivity contribution in [2.24, 2.45) is 0 Å². The Kier molecular flexibility index (Phi) is 4.29. The molecule has 0 saturated heterocycles. The number of nitro benzene ring substituents is 1. The average Bonchev–Trinajstić information content (AvgIpc) is 2.59. The molecule has 0 bridgehead atoms. The smallest absolute Gasteiger partial charge is 0.293 e. The SMILES string of the molecule is CC(=O)N(c1ccccc1[N+](=O)[O-])c1c(C)c2cccc(C)c2[nH]c1=O. The van der Waals surface area contributed by atoms with Crippen LogP contribution in [0.5, 0.6) is 0 Å². The highest BCUT2D eigenvalue weighted by molar-refractivity contribution is 6.04. The summed E-state index contributed by atoms with van der Waals surface area (Å²) >= 11 is 0. The molecule has 0 aliphatic rings. The lowest BCUT2D eigenvalue weighted by Crippen LogP contribution is -2.30. The minimum atomic E-state index is -0.569. The van der Waals surface area contributed by atoms with Gasteiger partial charge in [-0.25, -0.2) is 0 Å². The Balaban J connectivity index is 2.38. The van der Waals surface area contributed by atoms with Crippen molar-refractivity contribution < 1.29 is 9.72 Å². The van der Waals surface area contributed by atoms with E-state index in [0.29, 0.717) is 11.1 Å². The molecule has 7 heteroatoms. The molecule has 0 saturated carbocycles. The summed E-state index contributed by atoms with van der Waals surface area (Å²) in [7, 11) is 0. The van der Waals surface area contributed by atoms with E-state index >= 15 is 0 Å². The maximum Gasteiger partial charge on any atom is 0.293 e. The predicted octanol–water partition coefficient (Wildman–Crippen LogP) is 3.74. The Labute approximate surface area is 149 Å². The Morgan fingerprint density at radius 3 is 2.46 bits per heavy atom. The standard InChI is InChI=1S/C19H17N3O4/c1-11-7-6-8-14-12(2)18(19(24)20-17(11)14)21(13(3)23)15-9-4-5-10-16(15)22(25)26/h4-10H,1-3H3,(H,20,24). The van der Waals surface area contributed by atoms with Crippen molar-refractivity contribution in [3.63, 3.8) is 0 Å². The second-order valence-corrected chi connectivity index (χ2v) is 6.03. The molecule has 3 aromatic rings. The summed E-state index contributed by atoms with van der Waals surface area (Å²) in [5, 5.41) is 12.2. The monoisotopic (exact) mass is 351 g/mol. The molecule has 26 heavy (non-hydrogen) atoms. The lowest BCUT2D eigenvalue weighted by molar-refractivity contribution is -0.384. The number of aromatic nitrogens is 1. The van der Waals surface area contributed by atoms with Gasteiger partial charge in [-0.1, -0.05) is 30.3 Å². The fourth-order valence-corrected chi connectivity index (χ4v) is 3.14. The third-order valence-corrected chi connectivity index (χ3v) is 4.34. The van der Waals surface area contributed by atoms with Gasteiger partial charge in [0.1, 0.15) is 11.4 Å². The number of hydrogen-bond donors (Lipinski definition) is 1. The first-order chi connectivity index (χ1) is 12.3. The van der Waals surface area contributed by atoms with Crippen LogP contribution >= 0.6 is 0 Å². The number of fused-ring (bicyclic) bond motifs is 1. The molecule has 0 spiro atoms. The first kappa shape index (κ1) is 17.3. The summed E-state index contributed by atoms with van der Waals surface area (Å²) in [5.41, 5.74) is 1.60. The van der Waals surface area contributed by atoms with E-state index in [-0.39, 0.29) is 17.1 Å². The highest BCUT2D eigenvalue weighted by Gasteiger charge is 2.27. The maximum absolute atomic E-state index is 12.8. The van der Waals surface area contributed by atoms with E-state index in [9.17, 15) is 19.7 Å². The van der Waals surface area contributed by atoms with Crippen LogP contribution in [-0.4, -0.2) is 15.8 Å². The van der Waals surface area contributed by atoms with Gasteiger partial charge in [0.15, 0.2) is 0 Å². The Hall–Kier alpha value is -3.48. The normalized spacial score (nSPS) is 10.7. The minimum Gasteiger partial charge on any atom is -0.320 e. The van der Waals surface area contributed by atoms with E-state index in [1.807, 2.05) is 25.1 Å². The van der Waals surface area contributed by atoms with Crippen LogP contribution in [-0.2, 0) is 4.79 Å². The number of amides is 1. The van der Waals surface area contributed by atoms with Gasteiger partial charge in [-0.3, -0.25) is 24.6 Å². The number of H-pyrrole nitrogens is 1. The van der Waals surface area contributed by atoms with Gasteiger partial charge in [0.2, 0.25) is 5.91 Å². The van der Waals surface area contributed by atoms with Crippen molar-refractivity contribution in [1.29, 1.82) is 0 Å². The number of hydrogen-bond acceptors (Lipinski definition) is 4. The van der Waals surface area contributed by atoms with E-state index in [0.717, 1.165) is 15.8 Å². The van der Waals surface area contributed by atoms with Gasteiger partial charge < -0.3 is 4.98 Å². The minimum absolute atomic E-state index is 0.0607. The fourth-order valence-electron chi connectivity index (χ4n) is 3.14. The highest BCUT2D eigenvalue weighted by atomic mass is 16.6. The molecule has 3 rings (SSSR count). The summed E-state index contributed by atoms with van der Waals surface area (Å²) < 4.78 is 0. The molecule has 2 aromatic carbocycles. The van der Waals surface area contributed by atoms with Gasteiger partial charge in [-0.05, 0) is 31.0 Å². The van der Waals surface area contributed by atoms with Crippen LogP contribution in [0, 0.1) is 24.0 Å². The molecule has 7 nitrogen and oxygen atoms in total. The summed E-state index contributed by atoms with van der Waals surface area (Å²) in [6.07, 6.45) is 0. The number of aromatic amines is 1. The number of carbonyl (C=O) groups excluding carboxylic acids is 1. The fraction of sp³-hybridized carbons (Fsp3) is 0.158. The largest absolute Gasteiger partial charge is 0.320 e. The average molecular weight is 351 g/mol. The molecular formula is C19H17N3O4. The number of aryl methyl sites for hydroxylation is 2. The molecule has 1 N–H and O–H groups in total. The van der Waals surface area contributed by atoms with Crippen molar-refractivity contribution in [3.05, 3.63) is 74.1 Å². The molecule has 132 valence electrons. The van der Waals surface area contributed by atoms with Crippen LogP contribution in [0.1, 0.15) is 18.1 Å². The topological polar surface area (TPSA) is 96.3 Å². The van der Waals surface area contributed by atoms with Crippen molar-refractivity contribution in [2.75, 3.05) is 4.90 Å². The molecule has 1 amide bonds. The number of pyridine rings is 1. The quantitative estimate of drug-likeness (QED) is 0.574. The first-order valence-electron chi connectivity index (χ1n) is 7.99. The summed E-state index contributed by atoms with van der Waals surface area (Å²) in [6, 6.07) is 11.4. The number of rotatable bonds is 3. The number of carbonyl (C=O) groups is 1. The van der Waals surface area contributed by atoms with E-state index in [2.05, 4.69) is 4.98 Å². The van der Waals surface area contributed by atoms with Crippen molar-refractivity contribution in [2.45, 2.75) is 20.8 Å². The van der Waals surface area contributed by atoms with E-state index < -0.39 is 16.4 Å². The zero-order chi connectivity index (χ0) is 19.0. The third-order valence-electron chi connectivity index (χ3n) is 4.34. The summed E-state index contributed by atoms with van der Waals surface area (Å²) in [4.78, 5) is 39.9. The van der Waals surface area contributed by atoms with Crippen LogP contribution in [0.3, 0.4) is 0 Å². The maximum atomic E-state index is 12.8.